The average molecular weight is 184 g/mol. The van der Waals surface area contributed by atoms with E-state index in [2.05, 4.69) is 0 Å². The summed E-state index contributed by atoms with van der Waals surface area (Å²) in [7, 11) is 0. The number of carbonyl (C=O) groups is 1. The molecule has 12 heavy (non-hydrogen) atoms. The quantitative estimate of drug-likeness (QED) is 0.536. The average Bonchev–Trinajstić information content (AvgIpc) is 2.00. The van der Waals surface area contributed by atoms with E-state index in [-0.39, 0.29) is 0 Å². The van der Waals surface area contributed by atoms with Gasteiger partial charge in [-0.1, -0.05) is 6.07 Å². The second-order valence-corrected chi connectivity index (χ2v) is 3.09. The zero-order valence-corrected chi connectivity index (χ0v) is 7.77. The zero-order chi connectivity index (χ0) is 9.30. The van der Waals surface area contributed by atoms with Gasteiger partial charge < -0.3 is 5.73 Å². The predicted molar refractivity (Wildman–Crippen MR) is 50.5 cm³/mol. The normalized spacial score (nSPS) is 9.92. The Morgan fingerprint density at radius 1 is 1.42 bits per heavy atom. The number of nitrogens with two attached hydrogens (primary N) is 1. The Hall–Kier alpha value is -1.02. The number of hydrogen-bond donors (Lipinski definition) is 1. The third-order valence-corrected chi connectivity index (χ3v) is 2.20. The van der Waals surface area contributed by atoms with Gasteiger partial charge in [0, 0.05) is 5.69 Å². The molecule has 1 aromatic carbocycles. The lowest BCUT2D eigenvalue weighted by Crippen LogP contribution is -2.01. The van der Waals surface area contributed by atoms with Crippen LogP contribution in [0.4, 0.5) is 5.69 Å². The molecule has 0 aliphatic carbocycles. The highest BCUT2D eigenvalue weighted by Gasteiger charge is 2.09. The third kappa shape index (κ3) is 1.43. The summed E-state index contributed by atoms with van der Waals surface area (Å²) in [6.07, 6.45) is 0. The molecule has 0 unspecified atom stereocenters. The molecule has 0 atom stereocenters. The van der Waals surface area contributed by atoms with E-state index < -0.39 is 5.24 Å². The van der Waals surface area contributed by atoms with Crippen molar-refractivity contribution < 1.29 is 4.79 Å². The SMILES string of the molecule is Cc1ccc(C(=O)Cl)c(N)c1C. The molecule has 0 aliphatic rings. The Bertz CT molecular complexity index is 334. The summed E-state index contributed by atoms with van der Waals surface area (Å²) in [5.74, 6) is 0. The third-order valence-electron chi connectivity index (χ3n) is 2.00. The minimum absolute atomic E-state index is 0.389. The lowest BCUT2D eigenvalue weighted by molar-refractivity contribution is 0.108. The monoisotopic (exact) mass is 183 g/mol. The predicted octanol–water partition coefficient (Wildman–Crippen LogP) is 2.26. The van der Waals surface area contributed by atoms with Gasteiger partial charge in [-0.25, -0.2) is 0 Å². The van der Waals surface area contributed by atoms with Crippen molar-refractivity contribution in [3.05, 3.63) is 28.8 Å². The number of hydrogen-bond acceptors (Lipinski definition) is 2. The van der Waals surface area contributed by atoms with Gasteiger partial charge in [0.1, 0.15) is 0 Å². The molecule has 1 rings (SSSR count). The minimum Gasteiger partial charge on any atom is -0.398 e. The van der Waals surface area contributed by atoms with Crippen molar-refractivity contribution in [2.45, 2.75) is 13.8 Å². The summed E-state index contributed by atoms with van der Waals surface area (Å²) >= 11 is 5.31. The molecule has 0 aliphatic heterocycles. The van der Waals surface area contributed by atoms with Gasteiger partial charge >= 0.3 is 0 Å². The van der Waals surface area contributed by atoms with Crippen LogP contribution in [0.25, 0.3) is 0 Å². The van der Waals surface area contributed by atoms with E-state index in [4.69, 9.17) is 17.3 Å². The van der Waals surface area contributed by atoms with Crippen molar-refractivity contribution in [1.29, 1.82) is 0 Å². The molecule has 0 saturated carbocycles. The van der Waals surface area contributed by atoms with Crippen LogP contribution in [-0.4, -0.2) is 5.24 Å². The van der Waals surface area contributed by atoms with Crippen LogP contribution in [0.5, 0.6) is 0 Å². The molecular formula is C9H10ClNO. The van der Waals surface area contributed by atoms with Crippen LogP contribution in [0, 0.1) is 13.8 Å². The van der Waals surface area contributed by atoms with Crippen LogP contribution in [0.2, 0.25) is 0 Å². The van der Waals surface area contributed by atoms with Crippen molar-refractivity contribution in [2.24, 2.45) is 0 Å². The van der Waals surface area contributed by atoms with Crippen molar-refractivity contribution in [3.63, 3.8) is 0 Å². The molecule has 0 bridgehead atoms. The van der Waals surface area contributed by atoms with Gasteiger partial charge in [-0.15, -0.1) is 0 Å². The molecule has 0 radical (unpaired) electrons. The maximum absolute atomic E-state index is 10.8. The highest BCUT2D eigenvalue weighted by Crippen LogP contribution is 2.21. The number of rotatable bonds is 1. The molecule has 64 valence electrons. The topological polar surface area (TPSA) is 43.1 Å². The molecule has 0 spiro atoms. The lowest BCUT2D eigenvalue weighted by Gasteiger charge is -2.06. The van der Waals surface area contributed by atoms with E-state index >= 15 is 0 Å². The van der Waals surface area contributed by atoms with Crippen molar-refractivity contribution >= 4 is 22.5 Å². The lowest BCUT2D eigenvalue weighted by atomic mass is 10.0. The van der Waals surface area contributed by atoms with Crippen LogP contribution in [0.3, 0.4) is 0 Å². The molecular weight excluding hydrogens is 174 g/mol. The van der Waals surface area contributed by atoms with Crippen molar-refractivity contribution in [1.82, 2.24) is 0 Å². The van der Waals surface area contributed by atoms with Gasteiger partial charge in [0.2, 0.25) is 0 Å². The Balaban J connectivity index is 3.36. The number of aryl methyl sites for hydroxylation is 1. The second kappa shape index (κ2) is 3.15. The van der Waals surface area contributed by atoms with Crippen LogP contribution in [-0.2, 0) is 0 Å². The highest BCUT2D eigenvalue weighted by molar-refractivity contribution is 6.68. The van der Waals surface area contributed by atoms with Gasteiger partial charge in [0.05, 0.1) is 5.56 Å². The number of nitrogen functional groups attached to an aromatic ring is 1. The molecule has 2 nitrogen and oxygen atoms in total. The van der Waals surface area contributed by atoms with Crippen molar-refractivity contribution in [2.75, 3.05) is 5.73 Å². The first-order chi connectivity index (χ1) is 5.54. The summed E-state index contributed by atoms with van der Waals surface area (Å²) in [6.45, 7) is 3.81. The van der Waals surface area contributed by atoms with E-state index in [1.165, 1.54) is 0 Å². The molecule has 0 aromatic heterocycles. The molecule has 0 saturated heterocycles. The Morgan fingerprint density at radius 2 is 2.00 bits per heavy atom. The van der Waals surface area contributed by atoms with Crippen LogP contribution < -0.4 is 5.73 Å². The van der Waals surface area contributed by atoms with Gasteiger partial charge in [0.25, 0.3) is 5.24 Å². The van der Waals surface area contributed by atoms with Crippen molar-refractivity contribution in [3.8, 4) is 0 Å². The fraction of sp³-hybridized carbons (Fsp3) is 0.222. The van der Waals surface area contributed by atoms with E-state index in [0.29, 0.717) is 11.3 Å². The van der Waals surface area contributed by atoms with Crippen LogP contribution in [0.1, 0.15) is 21.5 Å². The number of carbonyl (C=O) groups excluding carboxylic acids is 1. The Morgan fingerprint density at radius 3 is 2.50 bits per heavy atom. The van der Waals surface area contributed by atoms with Gasteiger partial charge in [-0.2, -0.15) is 0 Å². The maximum atomic E-state index is 10.8. The minimum atomic E-state index is -0.504. The molecule has 3 heteroatoms. The highest BCUT2D eigenvalue weighted by atomic mass is 35.5. The second-order valence-electron chi connectivity index (χ2n) is 2.74. The molecule has 0 heterocycles. The molecule has 0 amide bonds. The Kier molecular flexibility index (Phi) is 2.38. The van der Waals surface area contributed by atoms with Gasteiger partial charge in [0.15, 0.2) is 0 Å². The molecule has 0 fully saturated rings. The smallest absolute Gasteiger partial charge is 0.254 e. The maximum Gasteiger partial charge on any atom is 0.254 e. The first-order valence-corrected chi connectivity index (χ1v) is 3.97. The number of halogens is 1. The zero-order valence-electron chi connectivity index (χ0n) is 7.02. The summed E-state index contributed by atoms with van der Waals surface area (Å²) in [5.41, 5.74) is 8.53. The standard InChI is InChI=1S/C9H10ClNO/c1-5-3-4-7(9(10)12)8(11)6(5)2/h3-4H,11H2,1-2H3. The molecule has 1 aromatic rings. The summed E-state index contributed by atoms with van der Waals surface area (Å²) in [6, 6.07) is 3.48. The van der Waals surface area contributed by atoms with Gasteiger partial charge in [-0.3, -0.25) is 4.79 Å². The fourth-order valence-electron chi connectivity index (χ4n) is 1.01. The summed E-state index contributed by atoms with van der Waals surface area (Å²) in [5, 5.41) is -0.504. The van der Waals surface area contributed by atoms with E-state index in [1.54, 1.807) is 6.07 Å². The van der Waals surface area contributed by atoms with E-state index in [9.17, 15) is 4.79 Å². The first-order valence-electron chi connectivity index (χ1n) is 3.59. The van der Waals surface area contributed by atoms with Gasteiger partial charge in [-0.05, 0) is 42.6 Å². The van der Waals surface area contributed by atoms with Crippen LogP contribution in [0.15, 0.2) is 12.1 Å². The number of anilines is 1. The fourth-order valence-corrected chi connectivity index (χ4v) is 1.17. The van der Waals surface area contributed by atoms with E-state index in [0.717, 1.165) is 11.1 Å². The Labute approximate surface area is 76.3 Å². The first kappa shape index (κ1) is 9.07. The summed E-state index contributed by atoms with van der Waals surface area (Å²) < 4.78 is 0. The number of benzene rings is 1. The summed E-state index contributed by atoms with van der Waals surface area (Å²) in [4.78, 5) is 10.8. The van der Waals surface area contributed by atoms with E-state index in [1.807, 2.05) is 19.9 Å². The largest absolute Gasteiger partial charge is 0.398 e. The van der Waals surface area contributed by atoms with Crippen LogP contribution >= 0.6 is 11.6 Å². The molecule has 2 N–H and O–H groups in total.